The molecule has 0 saturated carbocycles. The van der Waals surface area contributed by atoms with E-state index >= 15 is 0 Å². The van der Waals surface area contributed by atoms with Crippen LogP contribution in [0, 0.1) is 100 Å². The molecular formula is C60H96O7. The summed E-state index contributed by atoms with van der Waals surface area (Å²) >= 11 is 0. The van der Waals surface area contributed by atoms with Crippen LogP contribution in [-0.2, 0) is 28.6 Å². The first kappa shape index (κ1) is 56.4. The van der Waals surface area contributed by atoms with E-state index in [2.05, 4.69) is 132 Å². The molecule has 0 radical (unpaired) electrons. The summed E-state index contributed by atoms with van der Waals surface area (Å²) in [5.74, 6) is 6.34. The van der Waals surface area contributed by atoms with Crippen LogP contribution in [0.15, 0.2) is 71.4 Å². The number of hydrogen-bond acceptors (Lipinski definition) is 7. The summed E-state index contributed by atoms with van der Waals surface area (Å²) in [5.41, 5.74) is 3.51. The van der Waals surface area contributed by atoms with Gasteiger partial charge >= 0.3 is 17.9 Å². The number of allylic oxidation sites excluding steroid dienone is 8. The molecule has 0 amide bonds. The topological polar surface area (TPSA) is 99.1 Å². The van der Waals surface area contributed by atoms with Crippen molar-refractivity contribution in [1.29, 1.82) is 0 Å². The van der Waals surface area contributed by atoms with Gasteiger partial charge in [0.05, 0.1) is 23.4 Å². The van der Waals surface area contributed by atoms with E-state index in [-0.39, 0.29) is 54.0 Å². The molecular weight excluding hydrogens is 833 g/mol. The Balaban J connectivity index is 0.000000219. The van der Waals surface area contributed by atoms with E-state index < -0.39 is 11.5 Å². The lowest BCUT2D eigenvalue weighted by Gasteiger charge is -2.45. The van der Waals surface area contributed by atoms with Crippen molar-refractivity contribution in [3.63, 3.8) is 0 Å². The lowest BCUT2D eigenvalue weighted by molar-refractivity contribution is -0.165. The highest BCUT2D eigenvalue weighted by molar-refractivity contribution is 5.76. The first-order valence-corrected chi connectivity index (χ1v) is 26.9. The standard InChI is InChI=1S/C21H34O2.C20H32O2.C19H30O3/c1-8-21(6,7)20(22)23-17-12-14(4)11-16-10-9-15(5)18(13(2)3)19(16)17;1-7-14(5)20(21)22-17-11-13(4)10-16-9-8-15(6)18(12(2)3)19(16)17;1-6-12(4)19(21)22-16-10-15(20)9-14-8-7-13(5)17(11(2)3)18(14)16/h9-11,13-15,17-19H,8,12H2,1-7H3;8-10,12-15,17-19H,7,11H2,1-6H3;7-9,11-13,15-18,20H,6,10H2,1-5H3/t14-,15+,17-,18-,19?;13-,14-,15+,17-,18-,19?;12-,13+,15+,16-,17-,18?/m000/s1. The minimum absolute atomic E-state index is 0.00119. The van der Waals surface area contributed by atoms with E-state index in [4.69, 9.17) is 14.2 Å². The lowest BCUT2D eigenvalue weighted by Crippen LogP contribution is -2.44. The summed E-state index contributed by atoms with van der Waals surface area (Å²) in [6.07, 6.45) is 24.4. The fraction of sp³-hybridized carbons (Fsp3) is 0.750. The zero-order chi connectivity index (χ0) is 50.2. The predicted octanol–water partition coefficient (Wildman–Crippen LogP) is 14.1. The molecule has 3 unspecified atom stereocenters. The first-order chi connectivity index (χ1) is 31.4. The second-order valence-corrected chi connectivity index (χ2v) is 23.7. The summed E-state index contributed by atoms with van der Waals surface area (Å²) in [4.78, 5) is 37.2. The second kappa shape index (κ2) is 24.6. The number of hydrogen-bond donors (Lipinski definition) is 1. The molecule has 1 N–H and O–H groups in total. The molecule has 0 spiro atoms. The van der Waals surface area contributed by atoms with Gasteiger partial charge in [0.25, 0.3) is 0 Å². The van der Waals surface area contributed by atoms with Crippen molar-refractivity contribution < 1.29 is 33.7 Å². The summed E-state index contributed by atoms with van der Waals surface area (Å²) < 4.78 is 17.9. The van der Waals surface area contributed by atoms with E-state index in [1.807, 2.05) is 47.6 Å². The summed E-state index contributed by atoms with van der Waals surface area (Å²) in [6.45, 7) is 38.9. The van der Waals surface area contributed by atoms with Crippen molar-refractivity contribution in [2.75, 3.05) is 0 Å². The van der Waals surface area contributed by atoms with Crippen LogP contribution in [0.3, 0.4) is 0 Å². The SMILES string of the molecule is CCC(C)(C)C(=O)O[C@H]1C[C@@H](C)C=C2C=C[C@@H](C)[C@H](C(C)C)C21.CC[C@H](C)C(=O)O[C@H]1C[C@@H](C)C=C2C=C[C@@H](C)[C@H](C(C)C)C21.CC[C@H](C)C(=O)O[C@H]1C[C@H](O)C=C2C=C[C@@H](C)[C@H](C(C)C)C21. The number of fused-ring (bicyclic) bond motifs is 3. The van der Waals surface area contributed by atoms with E-state index in [0.29, 0.717) is 83.4 Å². The second-order valence-electron chi connectivity index (χ2n) is 23.7. The quantitative estimate of drug-likeness (QED) is 0.154. The highest BCUT2D eigenvalue weighted by Gasteiger charge is 2.46. The maximum atomic E-state index is 12.6. The lowest BCUT2D eigenvalue weighted by atomic mass is 9.63. The Hall–Kier alpha value is -3.19. The average molecular weight is 929 g/mol. The third kappa shape index (κ3) is 14.0. The molecule has 67 heavy (non-hydrogen) atoms. The fourth-order valence-corrected chi connectivity index (χ4v) is 12.3. The van der Waals surface area contributed by atoms with Gasteiger partial charge in [-0.2, -0.15) is 0 Å². The van der Waals surface area contributed by atoms with Gasteiger partial charge in [-0.3, -0.25) is 14.4 Å². The van der Waals surface area contributed by atoms with Crippen LogP contribution >= 0.6 is 0 Å². The third-order valence-corrected chi connectivity index (χ3v) is 16.8. The molecule has 0 saturated heterocycles. The van der Waals surface area contributed by atoms with Crippen LogP contribution in [0.5, 0.6) is 0 Å². The predicted molar refractivity (Wildman–Crippen MR) is 275 cm³/mol. The number of rotatable bonds is 12. The molecule has 6 aliphatic rings. The van der Waals surface area contributed by atoms with Crippen molar-refractivity contribution in [3.8, 4) is 0 Å². The molecule has 0 aliphatic heterocycles. The molecule has 7 heteroatoms. The molecule has 0 bridgehead atoms. The maximum Gasteiger partial charge on any atom is 0.311 e. The van der Waals surface area contributed by atoms with Gasteiger partial charge in [-0.1, -0.05) is 165 Å². The molecule has 378 valence electrons. The molecule has 0 aromatic heterocycles. The van der Waals surface area contributed by atoms with Crippen LogP contribution in [-0.4, -0.2) is 47.4 Å². The van der Waals surface area contributed by atoms with Crippen molar-refractivity contribution in [1.82, 2.24) is 0 Å². The van der Waals surface area contributed by atoms with E-state index in [0.717, 1.165) is 37.7 Å². The Labute approximate surface area is 409 Å². The minimum atomic E-state index is -0.521. The zero-order valence-corrected chi connectivity index (χ0v) is 45.4. The van der Waals surface area contributed by atoms with Crippen molar-refractivity contribution in [2.45, 2.75) is 188 Å². The molecule has 0 heterocycles. The van der Waals surface area contributed by atoms with Crippen LogP contribution in [0.2, 0.25) is 0 Å². The summed E-state index contributed by atoms with van der Waals surface area (Å²) in [6, 6.07) is 0. The molecule has 0 aromatic rings. The Kier molecular flexibility index (Phi) is 20.7. The van der Waals surface area contributed by atoms with Crippen LogP contribution in [0.4, 0.5) is 0 Å². The highest BCUT2D eigenvalue weighted by atomic mass is 16.6. The summed E-state index contributed by atoms with van der Waals surface area (Å²) in [7, 11) is 0. The fourth-order valence-electron chi connectivity index (χ4n) is 12.3. The first-order valence-electron chi connectivity index (χ1n) is 26.9. The van der Waals surface area contributed by atoms with Gasteiger partial charge in [0.1, 0.15) is 18.3 Å². The van der Waals surface area contributed by atoms with Crippen LogP contribution in [0.25, 0.3) is 0 Å². The number of esters is 3. The van der Waals surface area contributed by atoms with Crippen molar-refractivity contribution >= 4 is 17.9 Å². The van der Waals surface area contributed by atoms with Crippen molar-refractivity contribution in [3.05, 3.63) is 71.4 Å². The highest BCUT2D eigenvalue weighted by Crippen LogP contribution is 2.48. The van der Waals surface area contributed by atoms with Gasteiger partial charge in [-0.15, -0.1) is 0 Å². The number of ether oxygens (including phenoxy) is 3. The largest absolute Gasteiger partial charge is 0.461 e. The Morgan fingerprint density at radius 1 is 0.552 bits per heavy atom. The normalized spacial score (nSPS) is 35.2. The molecule has 0 fully saturated rings. The zero-order valence-electron chi connectivity index (χ0n) is 45.4. The number of aliphatic hydroxyl groups excluding tert-OH is 1. The molecule has 7 nitrogen and oxygen atoms in total. The Bertz CT molecular complexity index is 1750. The van der Waals surface area contributed by atoms with Gasteiger partial charge in [0.2, 0.25) is 0 Å². The monoisotopic (exact) mass is 929 g/mol. The smallest absolute Gasteiger partial charge is 0.311 e. The Morgan fingerprint density at radius 2 is 0.881 bits per heavy atom. The van der Waals surface area contributed by atoms with Gasteiger partial charge in [-0.25, -0.2) is 0 Å². The van der Waals surface area contributed by atoms with E-state index in [1.165, 1.54) is 11.1 Å². The molecule has 6 aliphatic carbocycles. The van der Waals surface area contributed by atoms with E-state index in [1.54, 1.807) is 0 Å². The third-order valence-electron chi connectivity index (χ3n) is 16.8. The summed E-state index contributed by atoms with van der Waals surface area (Å²) in [5, 5.41) is 10.1. The maximum absolute atomic E-state index is 12.6. The number of carbonyl (C=O) groups excluding carboxylic acids is 3. The van der Waals surface area contributed by atoms with E-state index in [9.17, 15) is 19.5 Å². The molecule has 17 atom stereocenters. The van der Waals surface area contributed by atoms with Crippen LogP contribution < -0.4 is 0 Å². The number of carbonyl (C=O) groups is 3. The molecule has 6 rings (SSSR count). The number of aliphatic hydroxyl groups is 1. The Morgan fingerprint density at radius 3 is 1.21 bits per heavy atom. The molecule has 0 aromatic carbocycles. The van der Waals surface area contributed by atoms with Gasteiger partial charge in [0.15, 0.2) is 0 Å². The van der Waals surface area contributed by atoms with Gasteiger partial charge in [-0.05, 0) is 128 Å². The van der Waals surface area contributed by atoms with Crippen LogP contribution in [0.1, 0.15) is 163 Å². The minimum Gasteiger partial charge on any atom is -0.461 e. The van der Waals surface area contributed by atoms with Gasteiger partial charge in [0, 0.05) is 24.2 Å². The average Bonchev–Trinajstić information content (AvgIpc) is 3.25. The van der Waals surface area contributed by atoms with Gasteiger partial charge < -0.3 is 19.3 Å². The van der Waals surface area contributed by atoms with Crippen molar-refractivity contribution in [2.24, 2.45) is 100 Å².